The minimum Gasteiger partial charge on any atom is -0.351 e. The van der Waals surface area contributed by atoms with Crippen LogP contribution in [0.15, 0.2) is 5.38 Å². The van der Waals surface area contributed by atoms with Crippen molar-refractivity contribution in [3.63, 3.8) is 0 Å². The Morgan fingerprint density at radius 3 is 2.82 bits per heavy atom. The summed E-state index contributed by atoms with van der Waals surface area (Å²) in [5.74, 6) is -0.229. The number of carbonyl (C=O) groups is 1. The Kier molecular flexibility index (Phi) is 5.03. The first-order valence-corrected chi connectivity index (χ1v) is 7.97. The zero-order chi connectivity index (χ0) is 12.9. The smallest absolute Gasteiger partial charge is 0.270 e. The third-order valence-electron chi connectivity index (χ3n) is 1.94. The van der Waals surface area contributed by atoms with Crippen molar-refractivity contribution in [1.29, 1.82) is 0 Å². The number of nitrogens with one attached hydrogen (secondary N) is 1. The average Bonchev–Trinajstić information content (AvgIpc) is 2.71. The third kappa shape index (κ3) is 5.24. The second kappa shape index (κ2) is 6.08. The summed E-state index contributed by atoms with van der Waals surface area (Å²) in [5.41, 5.74) is 5.71. The molecule has 1 rings (SSSR count). The van der Waals surface area contributed by atoms with Gasteiger partial charge in [-0.05, 0) is 6.42 Å². The number of hydrogen-bond donors (Lipinski definition) is 2. The average molecular weight is 277 g/mol. The maximum atomic E-state index is 11.5. The molecule has 0 aliphatic carbocycles. The van der Waals surface area contributed by atoms with Crippen molar-refractivity contribution in [2.24, 2.45) is 5.73 Å². The van der Waals surface area contributed by atoms with Gasteiger partial charge in [-0.1, -0.05) is 0 Å². The molecule has 1 aromatic heterocycles. The Bertz CT molecular complexity index is 481. The predicted molar refractivity (Wildman–Crippen MR) is 66.7 cm³/mol. The summed E-state index contributed by atoms with van der Waals surface area (Å²) in [4.78, 5) is 15.6. The Morgan fingerprint density at radius 2 is 2.29 bits per heavy atom. The van der Waals surface area contributed by atoms with Crippen LogP contribution in [-0.4, -0.2) is 37.9 Å². The zero-order valence-electron chi connectivity index (χ0n) is 9.47. The van der Waals surface area contributed by atoms with Gasteiger partial charge in [0.1, 0.15) is 20.5 Å². The first-order chi connectivity index (χ1) is 7.92. The molecule has 0 radical (unpaired) electrons. The highest BCUT2D eigenvalue weighted by Crippen LogP contribution is 2.08. The molecule has 0 bridgehead atoms. The van der Waals surface area contributed by atoms with Crippen LogP contribution in [0.3, 0.4) is 0 Å². The summed E-state index contributed by atoms with van der Waals surface area (Å²) in [6, 6.07) is 0. The predicted octanol–water partition coefficient (Wildman–Crippen LogP) is -0.234. The van der Waals surface area contributed by atoms with Gasteiger partial charge in [-0.2, -0.15) is 0 Å². The zero-order valence-corrected chi connectivity index (χ0v) is 11.1. The molecule has 0 saturated carbocycles. The molecule has 0 saturated heterocycles. The maximum Gasteiger partial charge on any atom is 0.270 e. The van der Waals surface area contributed by atoms with E-state index in [-0.39, 0.29) is 11.7 Å². The highest BCUT2D eigenvalue weighted by atomic mass is 32.2. The van der Waals surface area contributed by atoms with E-state index in [2.05, 4.69) is 10.3 Å². The second-order valence-electron chi connectivity index (χ2n) is 3.57. The molecule has 0 aromatic carbocycles. The molecule has 0 aliphatic rings. The minimum atomic E-state index is -2.97. The number of carbonyl (C=O) groups excluding carboxylic acids is 1. The van der Waals surface area contributed by atoms with Crippen LogP contribution in [0, 0.1) is 0 Å². The van der Waals surface area contributed by atoms with Crippen molar-refractivity contribution in [2.45, 2.75) is 13.0 Å². The third-order valence-corrected chi connectivity index (χ3v) is 3.84. The highest BCUT2D eigenvalue weighted by Gasteiger charge is 2.09. The lowest BCUT2D eigenvalue weighted by molar-refractivity contribution is 0.0949. The van der Waals surface area contributed by atoms with E-state index < -0.39 is 9.84 Å². The number of rotatable bonds is 6. The monoisotopic (exact) mass is 277 g/mol. The molecule has 0 spiro atoms. The molecule has 3 N–H and O–H groups in total. The van der Waals surface area contributed by atoms with Crippen LogP contribution in [0.4, 0.5) is 0 Å². The molecule has 1 amide bonds. The summed E-state index contributed by atoms with van der Waals surface area (Å²) in [6.07, 6.45) is 1.57. The van der Waals surface area contributed by atoms with Crippen LogP contribution in [0.2, 0.25) is 0 Å². The van der Waals surface area contributed by atoms with Gasteiger partial charge in [0, 0.05) is 24.7 Å². The normalized spacial score (nSPS) is 11.4. The fourth-order valence-electron chi connectivity index (χ4n) is 1.14. The summed E-state index contributed by atoms with van der Waals surface area (Å²) in [5, 5.41) is 4.94. The Labute approximate surface area is 104 Å². The van der Waals surface area contributed by atoms with Crippen molar-refractivity contribution >= 4 is 27.1 Å². The Balaban J connectivity index is 2.35. The van der Waals surface area contributed by atoms with Crippen molar-refractivity contribution in [3.8, 4) is 0 Å². The standard InChI is InChI=1S/C9H15N3O3S2/c1-17(14,15)4-2-3-11-9(13)7-6-16-8(5-10)12-7/h6H,2-5,10H2,1H3,(H,11,13). The first kappa shape index (κ1) is 14.1. The number of hydrogen-bond acceptors (Lipinski definition) is 6. The van der Waals surface area contributed by atoms with Gasteiger partial charge < -0.3 is 11.1 Å². The molecule has 6 nitrogen and oxygen atoms in total. The number of sulfone groups is 1. The molecule has 0 unspecified atom stereocenters. The Morgan fingerprint density at radius 1 is 1.59 bits per heavy atom. The second-order valence-corrected chi connectivity index (χ2v) is 6.77. The quantitative estimate of drug-likeness (QED) is 0.699. The molecule has 0 fully saturated rings. The SMILES string of the molecule is CS(=O)(=O)CCCNC(=O)c1csc(CN)n1. The number of aromatic nitrogens is 1. The van der Waals surface area contributed by atoms with Gasteiger partial charge in [-0.15, -0.1) is 11.3 Å². The van der Waals surface area contributed by atoms with Gasteiger partial charge in [0.05, 0.1) is 5.75 Å². The van der Waals surface area contributed by atoms with E-state index in [4.69, 9.17) is 5.73 Å². The molecular formula is C9H15N3O3S2. The summed E-state index contributed by atoms with van der Waals surface area (Å²) < 4.78 is 21.7. The van der Waals surface area contributed by atoms with E-state index in [1.807, 2.05) is 0 Å². The lowest BCUT2D eigenvalue weighted by Gasteiger charge is -2.02. The molecule has 0 aliphatic heterocycles. The van der Waals surface area contributed by atoms with E-state index in [0.29, 0.717) is 30.2 Å². The van der Waals surface area contributed by atoms with Crippen molar-refractivity contribution < 1.29 is 13.2 Å². The number of nitrogens with zero attached hydrogens (tertiary/aromatic N) is 1. The van der Waals surface area contributed by atoms with Gasteiger partial charge in [-0.25, -0.2) is 13.4 Å². The van der Waals surface area contributed by atoms with Crippen LogP contribution in [0.1, 0.15) is 21.9 Å². The van der Waals surface area contributed by atoms with Crippen LogP contribution in [0.5, 0.6) is 0 Å². The summed E-state index contributed by atoms with van der Waals surface area (Å²) >= 11 is 1.33. The lowest BCUT2D eigenvalue weighted by Crippen LogP contribution is -2.26. The fraction of sp³-hybridized carbons (Fsp3) is 0.556. The van der Waals surface area contributed by atoms with E-state index in [1.165, 1.54) is 17.6 Å². The Hall–Kier alpha value is -0.990. The van der Waals surface area contributed by atoms with Gasteiger partial charge in [0.25, 0.3) is 5.91 Å². The molecule has 96 valence electrons. The van der Waals surface area contributed by atoms with E-state index in [1.54, 1.807) is 5.38 Å². The van der Waals surface area contributed by atoms with Crippen LogP contribution in [-0.2, 0) is 16.4 Å². The lowest BCUT2D eigenvalue weighted by atomic mass is 10.4. The first-order valence-electron chi connectivity index (χ1n) is 5.03. The molecule has 0 atom stereocenters. The van der Waals surface area contributed by atoms with Crippen molar-refractivity contribution in [2.75, 3.05) is 18.6 Å². The molecule has 1 aromatic rings. The molecule has 17 heavy (non-hydrogen) atoms. The summed E-state index contributed by atoms with van der Waals surface area (Å²) in [6.45, 7) is 0.632. The van der Waals surface area contributed by atoms with Crippen LogP contribution < -0.4 is 11.1 Å². The summed E-state index contributed by atoms with van der Waals surface area (Å²) in [7, 11) is -2.97. The molecule has 8 heteroatoms. The van der Waals surface area contributed by atoms with Gasteiger partial charge in [0.15, 0.2) is 0 Å². The van der Waals surface area contributed by atoms with E-state index in [0.717, 1.165) is 0 Å². The molecule has 1 heterocycles. The topological polar surface area (TPSA) is 102 Å². The number of thiazole rings is 1. The largest absolute Gasteiger partial charge is 0.351 e. The molecular weight excluding hydrogens is 262 g/mol. The minimum absolute atomic E-state index is 0.0679. The van der Waals surface area contributed by atoms with Gasteiger partial charge >= 0.3 is 0 Å². The van der Waals surface area contributed by atoms with E-state index in [9.17, 15) is 13.2 Å². The maximum absolute atomic E-state index is 11.5. The fourth-order valence-corrected chi connectivity index (χ4v) is 2.46. The van der Waals surface area contributed by atoms with Gasteiger partial charge in [0.2, 0.25) is 0 Å². The van der Waals surface area contributed by atoms with Crippen molar-refractivity contribution in [1.82, 2.24) is 10.3 Å². The number of nitrogens with two attached hydrogens (primary N) is 1. The van der Waals surface area contributed by atoms with Crippen LogP contribution in [0.25, 0.3) is 0 Å². The van der Waals surface area contributed by atoms with Gasteiger partial charge in [-0.3, -0.25) is 4.79 Å². The van der Waals surface area contributed by atoms with Crippen LogP contribution >= 0.6 is 11.3 Å². The van der Waals surface area contributed by atoms with E-state index >= 15 is 0 Å². The van der Waals surface area contributed by atoms with Crippen molar-refractivity contribution in [3.05, 3.63) is 16.1 Å². The highest BCUT2D eigenvalue weighted by molar-refractivity contribution is 7.90. The number of amides is 1.